The summed E-state index contributed by atoms with van der Waals surface area (Å²) in [4.78, 5) is 32.2. The molecule has 9 heteroatoms. The third-order valence-corrected chi connectivity index (χ3v) is 4.34. The molecule has 0 radical (unpaired) electrons. The number of aromatic nitrogens is 4. The number of para-hydroxylation sites is 1. The maximum Gasteiger partial charge on any atom is 0.312 e. The van der Waals surface area contributed by atoms with Gasteiger partial charge in [0.05, 0.1) is 29.0 Å². The molecule has 0 unspecified atom stereocenters. The Morgan fingerprint density at radius 3 is 2.69 bits per heavy atom. The second-order valence-corrected chi connectivity index (χ2v) is 6.09. The number of nitrogens with zero attached hydrogens (tertiary/aromatic N) is 5. The van der Waals surface area contributed by atoms with E-state index in [0.29, 0.717) is 47.9 Å². The van der Waals surface area contributed by atoms with Crippen LogP contribution in [0.5, 0.6) is 0 Å². The smallest absolute Gasteiger partial charge is 0.309 e. The highest BCUT2D eigenvalue weighted by Crippen LogP contribution is 2.22. The molecule has 1 aromatic carbocycles. The van der Waals surface area contributed by atoms with E-state index < -0.39 is 4.92 Å². The largest absolute Gasteiger partial charge is 0.312 e. The van der Waals surface area contributed by atoms with Gasteiger partial charge in [-0.2, -0.15) is 5.10 Å². The fourth-order valence-corrected chi connectivity index (χ4v) is 2.96. The maximum atomic E-state index is 12.2. The minimum Gasteiger partial charge on any atom is -0.309 e. The van der Waals surface area contributed by atoms with Crippen LogP contribution in [0.15, 0.2) is 29.1 Å². The molecular weight excluding hydrogens is 336 g/mol. The number of H-pyrrole nitrogens is 1. The van der Waals surface area contributed by atoms with Crippen LogP contribution >= 0.6 is 0 Å². The first-order valence-corrected chi connectivity index (χ1v) is 8.29. The van der Waals surface area contributed by atoms with Crippen molar-refractivity contribution in [3.05, 3.63) is 61.9 Å². The van der Waals surface area contributed by atoms with Crippen LogP contribution in [-0.4, -0.2) is 36.1 Å². The lowest BCUT2D eigenvalue weighted by molar-refractivity contribution is -0.386. The molecule has 0 fully saturated rings. The Morgan fingerprint density at radius 1 is 1.31 bits per heavy atom. The third-order valence-electron chi connectivity index (χ3n) is 4.34. The molecule has 9 nitrogen and oxygen atoms in total. The summed E-state index contributed by atoms with van der Waals surface area (Å²) in [5.41, 5.74) is 1.40. The van der Waals surface area contributed by atoms with Crippen molar-refractivity contribution in [2.75, 3.05) is 6.54 Å². The van der Waals surface area contributed by atoms with Crippen molar-refractivity contribution in [1.29, 1.82) is 0 Å². The Kier molecular flexibility index (Phi) is 4.81. The van der Waals surface area contributed by atoms with Crippen molar-refractivity contribution in [2.45, 2.75) is 34.0 Å². The number of fused-ring (bicyclic) bond motifs is 1. The summed E-state index contributed by atoms with van der Waals surface area (Å²) in [6.45, 7) is 6.72. The van der Waals surface area contributed by atoms with E-state index >= 15 is 0 Å². The predicted octanol–water partition coefficient (Wildman–Crippen LogP) is 2.12. The highest BCUT2D eigenvalue weighted by atomic mass is 16.6. The minimum absolute atomic E-state index is 0.0401. The number of aryl methyl sites for hydroxylation is 1. The zero-order chi connectivity index (χ0) is 18.8. The Balaban J connectivity index is 1.86. The highest BCUT2D eigenvalue weighted by molar-refractivity contribution is 5.77. The minimum atomic E-state index is -0.410. The molecule has 0 atom stereocenters. The highest BCUT2D eigenvalue weighted by Gasteiger charge is 2.22. The predicted molar refractivity (Wildman–Crippen MR) is 96.8 cm³/mol. The second kappa shape index (κ2) is 7.04. The molecule has 136 valence electrons. The lowest BCUT2D eigenvalue weighted by Gasteiger charge is -2.20. The van der Waals surface area contributed by atoms with Gasteiger partial charge in [-0.15, -0.1) is 0 Å². The molecule has 1 N–H and O–H groups in total. The van der Waals surface area contributed by atoms with Crippen LogP contribution in [0.1, 0.15) is 24.1 Å². The van der Waals surface area contributed by atoms with Gasteiger partial charge in [-0.05, 0) is 32.5 Å². The topological polar surface area (TPSA) is 110 Å². The molecule has 0 bridgehead atoms. The summed E-state index contributed by atoms with van der Waals surface area (Å²) in [6.07, 6.45) is 0. The van der Waals surface area contributed by atoms with Gasteiger partial charge in [0.25, 0.3) is 5.56 Å². The van der Waals surface area contributed by atoms with Crippen molar-refractivity contribution in [3.8, 4) is 0 Å². The van der Waals surface area contributed by atoms with Crippen molar-refractivity contribution in [3.63, 3.8) is 0 Å². The van der Waals surface area contributed by atoms with E-state index in [-0.39, 0.29) is 11.2 Å². The fraction of sp³-hybridized carbons (Fsp3) is 0.353. The van der Waals surface area contributed by atoms with Gasteiger partial charge in [0, 0.05) is 0 Å². The second-order valence-electron chi connectivity index (χ2n) is 6.09. The van der Waals surface area contributed by atoms with Crippen LogP contribution in [0.4, 0.5) is 5.69 Å². The summed E-state index contributed by atoms with van der Waals surface area (Å²) < 4.78 is 1.61. The summed E-state index contributed by atoms with van der Waals surface area (Å²) in [5, 5.41) is 16.0. The van der Waals surface area contributed by atoms with E-state index in [0.717, 1.165) is 0 Å². The van der Waals surface area contributed by atoms with E-state index in [1.54, 1.807) is 36.7 Å². The molecular formula is C17H20N6O3. The number of nitrogens with one attached hydrogen (secondary N) is 1. The van der Waals surface area contributed by atoms with E-state index in [4.69, 9.17) is 0 Å². The average molecular weight is 356 g/mol. The van der Waals surface area contributed by atoms with Crippen LogP contribution in [0.3, 0.4) is 0 Å². The fourth-order valence-electron chi connectivity index (χ4n) is 2.96. The van der Waals surface area contributed by atoms with Gasteiger partial charge in [0.15, 0.2) is 0 Å². The third kappa shape index (κ3) is 3.33. The average Bonchev–Trinajstić information content (AvgIpc) is 2.88. The Bertz CT molecular complexity index is 1020. The van der Waals surface area contributed by atoms with Gasteiger partial charge >= 0.3 is 5.69 Å². The van der Waals surface area contributed by atoms with Crippen LogP contribution in [0.2, 0.25) is 0 Å². The first-order chi connectivity index (χ1) is 12.4. The Hall–Kier alpha value is -3.07. The number of nitro groups is 1. The molecule has 3 aromatic rings. The number of benzene rings is 1. The molecule has 0 aliphatic heterocycles. The van der Waals surface area contributed by atoms with Gasteiger partial charge in [-0.1, -0.05) is 19.1 Å². The number of hydrogen-bond acceptors (Lipinski definition) is 6. The van der Waals surface area contributed by atoms with E-state index in [1.165, 1.54) is 0 Å². The molecule has 0 saturated carbocycles. The first-order valence-electron chi connectivity index (χ1n) is 8.29. The molecule has 0 aliphatic rings. The van der Waals surface area contributed by atoms with Gasteiger partial charge in [0.1, 0.15) is 17.2 Å². The summed E-state index contributed by atoms with van der Waals surface area (Å²) >= 11 is 0. The summed E-state index contributed by atoms with van der Waals surface area (Å²) in [6, 6.07) is 7.17. The zero-order valence-corrected chi connectivity index (χ0v) is 14.9. The molecule has 2 heterocycles. The van der Waals surface area contributed by atoms with Gasteiger partial charge in [-0.3, -0.25) is 19.8 Å². The van der Waals surface area contributed by atoms with Crippen molar-refractivity contribution in [2.24, 2.45) is 0 Å². The molecule has 2 aromatic heterocycles. The van der Waals surface area contributed by atoms with Gasteiger partial charge < -0.3 is 4.98 Å². The van der Waals surface area contributed by atoms with Crippen LogP contribution < -0.4 is 5.56 Å². The number of hydrogen-bond donors (Lipinski definition) is 1. The van der Waals surface area contributed by atoms with Crippen molar-refractivity contribution < 1.29 is 4.92 Å². The maximum absolute atomic E-state index is 12.2. The molecule has 0 saturated heterocycles. The molecule has 3 rings (SSSR count). The van der Waals surface area contributed by atoms with Crippen LogP contribution in [0, 0.1) is 24.0 Å². The zero-order valence-electron chi connectivity index (χ0n) is 14.9. The number of rotatable bonds is 6. The Labute approximate surface area is 149 Å². The summed E-state index contributed by atoms with van der Waals surface area (Å²) in [5.74, 6) is 0.548. The number of aromatic amines is 1. The lowest BCUT2D eigenvalue weighted by Crippen LogP contribution is -2.29. The van der Waals surface area contributed by atoms with Gasteiger partial charge in [0.2, 0.25) is 0 Å². The van der Waals surface area contributed by atoms with E-state index in [9.17, 15) is 14.9 Å². The standard InChI is InChI=1S/C17H20N6O3/c1-4-21(10-22-12(3)16(23(25)26)11(2)20-22)9-15-18-14-8-6-5-7-13(14)17(24)19-15/h5-8H,4,9-10H2,1-3H3,(H,18,19,24). The first kappa shape index (κ1) is 17.7. The molecule has 0 spiro atoms. The SMILES string of the molecule is CCN(Cc1nc2ccccc2c(=O)[nH]1)Cn1nc(C)c([N+](=O)[O-])c1C. The van der Waals surface area contributed by atoms with Crippen LogP contribution in [0.25, 0.3) is 10.9 Å². The van der Waals surface area contributed by atoms with E-state index in [1.807, 2.05) is 17.9 Å². The quantitative estimate of drug-likeness (QED) is 0.535. The van der Waals surface area contributed by atoms with Crippen LogP contribution in [-0.2, 0) is 13.2 Å². The molecule has 0 amide bonds. The lowest BCUT2D eigenvalue weighted by atomic mass is 10.2. The normalized spacial score (nSPS) is 11.4. The Morgan fingerprint density at radius 2 is 2.04 bits per heavy atom. The summed E-state index contributed by atoms with van der Waals surface area (Å²) in [7, 11) is 0. The van der Waals surface area contributed by atoms with Crippen molar-refractivity contribution >= 4 is 16.6 Å². The molecule has 26 heavy (non-hydrogen) atoms. The van der Waals surface area contributed by atoms with Gasteiger partial charge in [-0.25, -0.2) is 9.67 Å². The van der Waals surface area contributed by atoms with E-state index in [2.05, 4.69) is 15.1 Å². The monoisotopic (exact) mass is 356 g/mol. The molecule has 0 aliphatic carbocycles. The van der Waals surface area contributed by atoms with Crippen molar-refractivity contribution in [1.82, 2.24) is 24.6 Å².